The lowest BCUT2D eigenvalue weighted by Gasteiger charge is -2.19. The topological polar surface area (TPSA) is 83.8 Å². The Morgan fingerprint density at radius 3 is 2.77 bits per heavy atom. The van der Waals surface area contributed by atoms with E-state index in [2.05, 4.69) is 0 Å². The summed E-state index contributed by atoms with van der Waals surface area (Å²) in [5.74, 6) is -0.795. The van der Waals surface area contributed by atoms with Crippen molar-refractivity contribution in [3.05, 3.63) is 54.1 Å². The highest BCUT2D eigenvalue weighted by molar-refractivity contribution is 8.00. The van der Waals surface area contributed by atoms with Gasteiger partial charge in [0.1, 0.15) is 12.4 Å². The first kappa shape index (κ1) is 25.0. The molecule has 0 spiro atoms. The maximum Gasteiger partial charge on any atom is 0.416 e. The quantitative estimate of drug-likeness (QED) is 0.354. The minimum absolute atomic E-state index is 0.00221. The van der Waals surface area contributed by atoms with Gasteiger partial charge in [-0.15, -0.1) is 0 Å². The molecule has 0 heterocycles. The SMILES string of the molecule is O=C(O)CCCC=CCC1C(=O)C=CC1SCC(O)COc1cccc(C(F)(F)F)c1. The fourth-order valence-electron chi connectivity index (χ4n) is 2.99. The minimum Gasteiger partial charge on any atom is -0.491 e. The molecular weight excluding hydrogens is 433 g/mol. The number of carboxylic acids is 1. The summed E-state index contributed by atoms with van der Waals surface area (Å²) in [6.45, 7) is -0.160. The number of hydrogen-bond donors (Lipinski definition) is 2. The molecule has 2 rings (SSSR count). The number of aliphatic carboxylic acids is 1. The van der Waals surface area contributed by atoms with E-state index < -0.39 is 23.8 Å². The number of aliphatic hydroxyl groups excluding tert-OH is 1. The maximum atomic E-state index is 12.7. The van der Waals surface area contributed by atoms with Crippen LogP contribution in [0.15, 0.2) is 48.6 Å². The van der Waals surface area contributed by atoms with Gasteiger partial charge in [0.2, 0.25) is 0 Å². The molecule has 2 N–H and O–H groups in total. The summed E-state index contributed by atoms with van der Waals surface area (Å²) in [6.07, 6.45) is 3.48. The van der Waals surface area contributed by atoms with Gasteiger partial charge in [0.05, 0.1) is 11.7 Å². The number of ether oxygens (including phenoxy) is 1. The van der Waals surface area contributed by atoms with Crippen LogP contribution in [0.2, 0.25) is 0 Å². The van der Waals surface area contributed by atoms with Crippen molar-refractivity contribution in [1.82, 2.24) is 0 Å². The van der Waals surface area contributed by atoms with Crippen LogP contribution in [0.1, 0.15) is 31.2 Å². The molecule has 0 amide bonds. The van der Waals surface area contributed by atoms with Crippen LogP contribution in [-0.2, 0) is 15.8 Å². The average molecular weight is 458 g/mol. The Hall–Kier alpha value is -2.26. The Bertz CT molecular complexity index is 807. The minimum atomic E-state index is -4.46. The van der Waals surface area contributed by atoms with Crippen molar-refractivity contribution in [2.75, 3.05) is 12.4 Å². The van der Waals surface area contributed by atoms with E-state index in [0.717, 1.165) is 12.1 Å². The largest absolute Gasteiger partial charge is 0.491 e. The third-order valence-corrected chi connectivity index (χ3v) is 6.06. The molecule has 170 valence electrons. The molecule has 0 aliphatic heterocycles. The van der Waals surface area contributed by atoms with Gasteiger partial charge in [-0.05, 0) is 43.5 Å². The number of hydrogen-bond acceptors (Lipinski definition) is 5. The van der Waals surface area contributed by atoms with Gasteiger partial charge in [0.25, 0.3) is 0 Å². The van der Waals surface area contributed by atoms with Crippen LogP contribution in [0.25, 0.3) is 0 Å². The van der Waals surface area contributed by atoms with Crippen molar-refractivity contribution in [1.29, 1.82) is 0 Å². The van der Waals surface area contributed by atoms with Gasteiger partial charge < -0.3 is 14.9 Å². The molecule has 0 saturated carbocycles. The Balaban J connectivity index is 1.75. The molecule has 9 heteroatoms. The first-order chi connectivity index (χ1) is 14.7. The lowest BCUT2D eigenvalue weighted by Crippen LogP contribution is -2.24. The Morgan fingerprint density at radius 1 is 1.29 bits per heavy atom. The van der Waals surface area contributed by atoms with Crippen molar-refractivity contribution in [2.45, 2.75) is 43.2 Å². The smallest absolute Gasteiger partial charge is 0.416 e. The zero-order valence-electron chi connectivity index (χ0n) is 16.8. The highest BCUT2D eigenvalue weighted by Crippen LogP contribution is 2.32. The number of carboxylic acid groups (broad SMARTS) is 1. The van der Waals surface area contributed by atoms with Crippen LogP contribution in [0.5, 0.6) is 5.75 Å². The molecule has 1 aromatic rings. The van der Waals surface area contributed by atoms with Crippen molar-refractivity contribution < 1.29 is 37.7 Å². The third kappa shape index (κ3) is 8.78. The standard InChI is InChI=1S/C22H25F3O5S/c23-22(24,25)15-6-5-7-17(12-15)30-13-16(26)14-31-20-11-10-19(27)18(20)8-3-1-2-4-9-21(28)29/h1,3,5-7,10-12,16,18,20,26H,2,4,8-9,13-14H2,(H,28,29). The Kier molecular flexibility index (Phi) is 9.64. The van der Waals surface area contributed by atoms with E-state index in [0.29, 0.717) is 19.3 Å². The molecule has 5 nitrogen and oxygen atoms in total. The first-order valence-electron chi connectivity index (χ1n) is 9.85. The molecule has 0 aromatic heterocycles. The summed E-state index contributed by atoms with van der Waals surface area (Å²) in [5.41, 5.74) is -0.817. The lowest BCUT2D eigenvalue weighted by molar-refractivity contribution is -0.138. The number of alkyl halides is 3. The first-order valence-corrected chi connectivity index (χ1v) is 10.9. The predicted molar refractivity (Wildman–Crippen MR) is 112 cm³/mol. The molecule has 0 saturated heterocycles. The zero-order chi connectivity index (χ0) is 22.9. The van der Waals surface area contributed by atoms with Gasteiger partial charge in [-0.2, -0.15) is 24.9 Å². The van der Waals surface area contributed by atoms with E-state index in [-0.39, 0.29) is 41.5 Å². The van der Waals surface area contributed by atoms with E-state index in [1.54, 1.807) is 6.08 Å². The van der Waals surface area contributed by atoms with Gasteiger partial charge in [0.15, 0.2) is 5.78 Å². The summed E-state index contributed by atoms with van der Waals surface area (Å²) in [5, 5.41) is 18.6. The van der Waals surface area contributed by atoms with Crippen LogP contribution >= 0.6 is 11.8 Å². The number of rotatable bonds is 12. The second kappa shape index (κ2) is 12.0. The van der Waals surface area contributed by atoms with Crippen molar-refractivity contribution in [3.8, 4) is 5.75 Å². The molecule has 0 fully saturated rings. The highest BCUT2D eigenvalue weighted by Gasteiger charge is 2.31. The number of halogens is 3. The summed E-state index contributed by atoms with van der Waals surface area (Å²) in [6, 6.07) is 4.47. The second-order valence-electron chi connectivity index (χ2n) is 7.15. The number of allylic oxidation sites excluding steroid dienone is 3. The lowest BCUT2D eigenvalue weighted by atomic mass is 10.0. The maximum absolute atomic E-state index is 12.7. The van der Waals surface area contributed by atoms with Crippen LogP contribution in [0, 0.1) is 5.92 Å². The van der Waals surface area contributed by atoms with Gasteiger partial charge >= 0.3 is 12.1 Å². The molecule has 31 heavy (non-hydrogen) atoms. The molecule has 3 unspecified atom stereocenters. The highest BCUT2D eigenvalue weighted by atomic mass is 32.2. The fraction of sp³-hybridized carbons (Fsp3) is 0.455. The number of benzene rings is 1. The molecule has 0 bridgehead atoms. The average Bonchev–Trinajstić information content (AvgIpc) is 3.06. The molecule has 1 aliphatic carbocycles. The third-order valence-electron chi connectivity index (χ3n) is 4.62. The number of aliphatic hydroxyl groups is 1. The van der Waals surface area contributed by atoms with Crippen molar-refractivity contribution >= 4 is 23.5 Å². The monoisotopic (exact) mass is 458 g/mol. The van der Waals surface area contributed by atoms with Crippen LogP contribution < -0.4 is 4.74 Å². The number of ketones is 1. The van der Waals surface area contributed by atoms with Crippen molar-refractivity contribution in [3.63, 3.8) is 0 Å². The van der Waals surface area contributed by atoms with E-state index in [1.807, 2.05) is 12.2 Å². The normalized spacial score (nSPS) is 19.8. The van der Waals surface area contributed by atoms with E-state index in [9.17, 15) is 27.9 Å². The van der Waals surface area contributed by atoms with Crippen LogP contribution in [0.4, 0.5) is 13.2 Å². The molecule has 1 aliphatic rings. The predicted octanol–water partition coefficient (Wildman–Crippen LogP) is 4.50. The van der Waals surface area contributed by atoms with Crippen molar-refractivity contribution in [2.24, 2.45) is 5.92 Å². The summed E-state index contributed by atoms with van der Waals surface area (Å²) >= 11 is 1.39. The summed E-state index contributed by atoms with van der Waals surface area (Å²) in [7, 11) is 0. The summed E-state index contributed by atoms with van der Waals surface area (Å²) < 4.78 is 43.5. The van der Waals surface area contributed by atoms with E-state index in [1.165, 1.54) is 30.0 Å². The second-order valence-corrected chi connectivity index (χ2v) is 8.36. The Labute approximate surface area is 183 Å². The molecule has 1 aromatic carbocycles. The molecule has 3 atom stereocenters. The summed E-state index contributed by atoms with van der Waals surface area (Å²) in [4.78, 5) is 22.6. The zero-order valence-corrected chi connectivity index (χ0v) is 17.6. The number of carbonyl (C=O) groups excluding carboxylic acids is 1. The van der Waals surface area contributed by atoms with E-state index >= 15 is 0 Å². The fourth-order valence-corrected chi connectivity index (χ4v) is 4.20. The van der Waals surface area contributed by atoms with Gasteiger partial charge in [-0.1, -0.05) is 24.3 Å². The molecular formula is C22H25F3O5S. The number of unbranched alkanes of at least 4 members (excludes halogenated alkanes) is 1. The molecule has 0 radical (unpaired) electrons. The van der Waals surface area contributed by atoms with Crippen LogP contribution in [-0.4, -0.2) is 45.7 Å². The van der Waals surface area contributed by atoms with Gasteiger partial charge in [-0.3, -0.25) is 9.59 Å². The Morgan fingerprint density at radius 2 is 2.06 bits per heavy atom. The van der Waals surface area contributed by atoms with Gasteiger partial charge in [0, 0.05) is 23.3 Å². The number of carbonyl (C=O) groups is 2. The van der Waals surface area contributed by atoms with Crippen LogP contribution in [0.3, 0.4) is 0 Å². The van der Waals surface area contributed by atoms with Gasteiger partial charge in [-0.25, -0.2) is 0 Å². The number of thioether (sulfide) groups is 1. The van der Waals surface area contributed by atoms with E-state index in [4.69, 9.17) is 9.84 Å².